The van der Waals surface area contributed by atoms with Crippen LogP contribution < -0.4 is 0 Å². The van der Waals surface area contributed by atoms with Gasteiger partial charge in [0.15, 0.2) is 0 Å². The maximum Gasteiger partial charge on any atom is 0.304 e. The lowest BCUT2D eigenvalue weighted by molar-refractivity contribution is -0.137. The fraction of sp³-hybridized carbons (Fsp3) is 0.400. The van der Waals surface area contributed by atoms with Gasteiger partial charge in [-0.05, 0) is 18.6 Å². The van der Waals surface area contributed by atoms with Crippen molar-refractivity contribution in [1.82, 2.24) is 4.98 Å². The smallest absolute Gasteiger partial charge is 0.304 e. The highest BCUT2D eigenvalue weighted by Crippen LogP contribution is 2.19. The summed E-state index contributed by atoms with van der Waals surface area (Å²) >= 11 is 0. The topological polar surface area (TPSA) is 50.2 Å². The minimum atomic E-state index is -0.780. The Labute approximate surface area is 77.4 Å². The maximum atomic E-state index is 10.5. The summed E-state index contributed by atoms with van der Waals surface area (Å²) in [5, 5.41) is 8.61. The van der Waals surface area contributed by atoms with Gasteiger partial charge in [0.1, 0.15) is 0 Å². The highest BCUT2D eigenvalue weighted by atomic mass is 16.4. The van der Waals surface area contributed by atoms with Crippen LogP contribution in [0, 0.1) is 6.92 Å². The summed E-state index contributed by atoms with van der Waals surface area (Å²) in [5.41, 5.74) is 1.93. The van der Waals surface area contributed by atoms with Crippen LogP contribution in [0.5, 0.6) is 0 Å². The molecule has 3 heteroatoms. The summed E-state index contributed by atoms with van der Waals surface area (Å²) in [6, 6.07) is 3.80. The second-order valence-corrected chi connectivity index (χ2v) is 3.20. The van der Waals surface area contributed by atoms with Crippen LogP contribution >= 0.6 is 0 Å². The summed E-state index contributed by atoms with van der Waals surface area (Å²) in [7, 11) is 0. The molecule has 3 nitrogen and oxygen atoms in total. The molecule has 1 heterocycles. The van der Waals surface area contributed by atoms with Crippen molar-refractivity contribution in [3.05, 3.63) is 29.6 Å². The molecule has 0 aromatic carbocycles. The molecule has 1 N–H and O–H groups in total. The van der Waals surface area contributed by atoms with Crippen molar-refractivity contribution in [2.75, 3.05) is 0 Å². The number of carboxylic acids is 1. The fourth-order valence-electron chi connectivity index (χ4n) is 1.37. The van der Waals surface area contributed by atoms with Gasteiger partial charge in [0, 0.05) is 17.8 Å². The molecular weight excluding hydrogens is 166 g/mol. The number of nitrogens with zero attached hydrogens (tertiary/aromatic N) is 1. The molecule has 1 aromatic rings. The van der Waals surface area contributed by atoms with Crippen molar-refractivity contribution in [3.8, 4) is 0 Å². The van der Waals surface area contributed by atoms with Crippen LogP contribution in [0.25, 0.3) is 0 Å². The molecule has 1 atom stereocenters. The number of aromatic nitrogens is 1. The van der Waals surface area contributed by atoms with Crippen LogP contribution in [0.4, 0.5) is 0 Å². The van der Waals surface area contributed by atoms with Crippen LogP contribution in [-0.2, 0) is 4.79 Å². The number of hydrogen-bond acceptors (Lipinski definition) is 2. The predicted molar refractivity (Wildman–Crippen MR) is 49.6 cm³/mol. The molecule has 0 radical (unpaired) electrons. The summed E-state index contributed by atoms with van der Waals surface area (Å²) in [6.07, 6.45) is 1.83. The van der Waals surface area contributed by atoms with E-state index >= 15 is 0 Å². The highest BCUT2D eigenvalue weighted by Gasteiger charge is 2.12. The van der Waals surface area contributed by atoms with Gasteiger partial charge in [0.2, 0.25) is 0 Å². The molecule has 0 aliphatic rings. The van der Waals surface area contributed by atoms with E-state index in [0.717, 1.165) is 11.3 Å². The van der Waals surface area contributed by atoms with E-state index in [1.165, 1.54) is 0 Å². The normalized spacial score (nSPS) is 12.5. The zero-order valence-corrected chi connectivity index (χ0v) is 7.82. The van der Waals surface area contributed by atoms with Crippen LogP contribution in [0.15, 0.2) is 18.3 Å². The molecule has 0 bridgehead atoms. The van der Waals surface area contributed by atoms with Crippen LogP contribution in [0.2, 0.25) is 0 Å². The Hall–Kier alpha value is -1.38. The van der Waals surface area contributed by atoms with Gasteiger partial charge in [-0.2, -0.15) is 0 Å². The third-order valence-electron chi connectivity index (χ3n) is 2.00. The molecular formula is C10H13NO2. The largest absolute Gasteiger partial charge is 0.481 e. The average molecular weight is 179 g/mol. The first-order chi connectivity index (χ1) is 6.11. The number of hydrogen-bond donors (Lipinski definition) is 1. The highest BCUT2D eigenvalue weighted by molar-refractivity contribution is 5.67. The molecule has 0 spiro atoms. The summed E-state index contributed by atoms with van der Waals surface area (Å²) in [6.45, 7) is 3.82. The average Bonchev–Trinajstić information content (AvgIpc) is 2.03. The second kappa shape index (κ2) is 4.03. The molecule has 1 unspecified atom stereocenters. The van der Waals surface area contributed by atoms with Crippen molar-refractivity contribution in [2.24, 2.45) is 0 Å². The minimum absolute atomic E-state index is 0.0151. The molecule has 0 saturated heterocycles. The Morgan fingerprint density at radius 2 is 2.38 bits per heavy atom. The Bertz CT molecular complexity index is 310. The van der Waals surface area contributed by atoms with Crippen LogP contribution in [0.3, 0.4) is 0 Å². The van der Waals surface area contributed by atoms with Crippen molar-refractivity contribution in [1.29, 1.82) is 0 Å². The third kappa shape index (κ3) is 2.54. The Balaban J connectivity index is 2.82. The number of carboxylic acid groups (broad SMARTS) is 1. The molecule has 1 aromatic heterocycles. The Morgan fingerprint density at radius 1 is 1.69 bits per heavy atom. The zero-order valence-electron chi connectivity index (χ0n) is 7.82. The van der Waals surface area contributed by atoms with Gasteiger partial charge in [0.05, 0.1) is 6.42 Å². The van der Waals surface area contributed by atoms with E-state index in [1.54, 1.807) is 6.20 Å². The SMILES string of the molecule is Cc1cccnc1C(C)CC(=O)O. The van der Waals surface area contributed by atoms with E-state index in [-0.39, 0.29) is 12.3 Å². The first-order valence-electron chi connectivity index (χ1n) is 4.24. The molecule has 0 aliphatic heterocycles. The van der Waals surface area contributed by atoms with Gasteiger partial charge in [-0.25, -0.2) is 0 Å². The van der Waals surface area contributed by atoms with Crippen molar-refractivity contribution in [3.63, 3.8) is 0 Å². The summed E-state index contributed by atoms with van der Waals surface area (Å²) in [5.74, 6) is -0.795. The standard InChI is InChI=1S/C10H13NO2/c1-7-4-3-5-11-10(7)8(2)6-9(12)13/h3-5,8H,6H2,1-2H3,(H,12,13). The van der Waals surface area contributed by atoms with Crippen molar-refractivity contribution >= 4 is 5.97 Å². The van der Waals surface area contributed by atoms with Gasteiger partial charge in [-0.1, -0.05) is 13.0 Å². The van der Waals surface area contributed by atoms with E-state index in [4.69, 9.17) is 5.11 Å². The van der Waals surface area contributed by atoms with Crippen LogP contribution in [0.1, 0.15) is 30.5 Å². The van der Waals surface area contributed by atoms with Crippen LogP contribution in [-0.4, -0.2) is 16.1 Å². The monoisotopic (exact) mass is 179 g/mol. The number of carbonyl (C=O) groups is 1. The zero-order chi connectivity index (χ0) is 9.84. The number of pyridine rings is 1. The molecule has 0 aliphatic carbocycles. The molecule has 70 valence electrons. The molecule has 0 fully saturated rings. The minimum Gasteiger partial charge on any atom is -0.481 e. The second-order valence-electron chi connectivity index (χ2n) is 3.20. The maximum absolute atomic E-state index is 10.5. The van der Waals surface area contributed by atoms with Gasteiger partial charge < -0.3 is 5.11 Å². The van der Waals surface area contributed by atoms with E-state index in [0.29, 0.717) is 0 Å². The molecule has 1 rings (SSSR count). The van der Waals surface area contributed by atoms with E-state index in [9.17, 15) is 4.79 Å². The predicted octanol–water partition coefficient (Wildman–Crippen LogP) is 1.97. The lowest BCUT2D eigenvalue weighted by atomic mass is 10.00. The fourth-order valence-corrected chi connectivity index (χ4v) is 1.37. The quantitative estimate of drug-likeness (QED) is 0.771. The number of aryl methyl sites for hydroxylation is 1. The third-order valence-corrected chi connectivity index (χ3v) is 2.00. The molecule has 13 heavy (non-hydrogen) atoms. The number of aliphatic carboxylic acids is 1. The summed E-state index contributed by atoms with van der Waals surface area (Å²) in [4.78, 5) is 14.6. The van der Waals surface area contributed by atoms with E-state index in [1.807, 2.05) is 26.0 Å². The Morgan fingerprint density at radius 3 is 2.92 bits per heavy atom. The van der Waals surface area contributed by atoms with Gasteiger partial charge in [0.25, 0.3) is 0 Å². The molecule has 0 amide bonds. The van der Waals surface area contributed by atoms with Gasteiger partial charge in [-0.15, -0.1) is 0 Å². The molecule has 0 saturated carbocycles. The van der Waals surface area contributed by atoms with E-state index in [2.05, 4.69) is 4.98 Å². The first kappa shape index (κ1) is 9.71. The first-order valence-corrected chi connectivity index (χ1v) is 4.24. The Kier molecular flexibility index (Phi) is 3.01. The lowest BCUT2D eigenvalue weighted by Gasteiger charge is -2.10. The van der Waals surface area contributed by atoms with Gasteiger partial charge >= 0.3 is 5.97 Å². The lowest BCUT2D eigenvalue weighted by Crippen LogP contribution is -2.05. The summed E-state index contributed by atoms with van der Waals surface area (Å²) < 4.78 is 0. The van der Waals surface area contributed by atoms with E-state index < -0.39 is 5.97 Å². The van der Waals surface area contributed by atoms with Crippen molar-refractivity contribution in [2.45, 2.75) is 26.2 Å². The van der Waals surface area contributed by atoms with Crippen molar-refractivity contribution < 1.29 is 9.90 Å². The number of rotatable bonds is 3. The van der Waals surface area contributed by atoms with Gasteiger partial charge in [-0.3, -0.25) is 9.78 Å².